The Morgan fingerprint density at radius 1 is 0.964 bits per heavy atom. The summed E-state index contributed by atoms with van der Waals surface area (Å²) in [4.78, 5) is 12.1. The first-order valence-corrected chi connectivity index (χ1v) is 8.84. The number of fused-ring (bicyclic) bond motifs is 2. The van der Waals surface area contributed by atoms with Gasteiger partial charge in [-0.3, -0.25) is 9.48 Å². The zero-order valence-corrected chi connectivity index (χ0v) is 15.0. The van der Waals surface area contributed by atoms with Gasteiger partial charge in [0, 0.05) is 42.4 Å². The first kappa shape index (κ1) is 16.6. The minimum absolute atomic E-state index is 0.189. The molecule has 3 aromatic carbocycles. The van der Waals surface area contributed by atoms with Crippen LogP contribution in [-0.2, 0) is 13.6 Å². The molecule has 1 aliphatic heterocycles. The summed E-state index contributed by atoms with van der Waals surface area (Å²) in [6.45, 7) is 0.430. The van der Waals surface area contributed by atoms with Gasteiger partial charge in [0.25, 0.3) is 5.91 Å². The lowest BCUT2D eigenvalue weighted by Gasteiger charge is -2.13. The molecule has 0 bridgehead atoms. The van der Waals surface area contributed by atoms with E-state index < -0.39 is 11.6 Å². The number of nitrogens with one attached hydrogen (secondary N) is 1. The van der Waals surface area contributed by atoms with Crippen LogP contribution in [0.5, 0.6) is 0 Å². The van der Waals surface area contributed by atoms with E-state index >= 15 is 0 Å². The average molecular weight is 375 g/mol. The molecule has 1 amide bonds. The summed E-state index contributed by atoms with van der Waals surface area (Å²) >= 11 is 0. The molecule has 0 saturated heterocycles. The predicted molar refractivity (Wildman–Crippen MR) is 103 cm³/mol. The summed E-state index contributed by atoms with van der Waals surface area (Å²) in [5.74, 6) is -1.50. The van der Waals surface area contributed by atoms with Gasteiger partial charge in [0.1, 0.15) is 11.6 Å². The maximum atomic E-state index is 14.6. The third-order valence-corrected chi connectivity index (χ3v) is 5.08. The topological polar surface area (TPSA) is 46.9 Å². The maximum Gasteiger partial charge on any atom is 0.251 e. The largest absolute Gasteiger partial charge is 0.348 e. The van der Waals surface area contributed by atoms with Crippen LogP contribution in [0.4, 0.5) is 8.78 Å². The lowest BCUT2D eigenvalue weighted by molar-refractivity contribution is 0.0966. The Labute approximate surface area is 159 Å². The van der Waals surface area contributed by atoms with Crippen molar-refractivity contribution in [1.82, 2.24) is 15.1 Å². The number of nitrogens with zero attached hydrogens (tertiary/aromatic N) is 2. The van der Waals surface area contributed by atoms with E-state index in [9.17, 15) is 13.6 Å². The molecule has 1 aliphatic rings. The van der Waals surface area contributed by atoms with Crippen molar-refractivity contribution in [3.8, 4) is 22.3 Å². The van der Waals surface area contributed by atoms with Gasteiger partial charge in [-0.2, -0.15) is 5.10 Å². The number of carbonyl (C=O) groups excluding carboxylic acids is 1. The van der Waals surface area contributed by atoms with E-state index in [1.165, 1.54) is 12.1 Å². The monoisotopic (exact) mass is 375 g/mol. The fourth-order valence-electron chi connectivity index (χ4n) is 3.75. The molecule has 0 saturated carbocycles. The van der Waals surface area contributed by atoms with Crippen molar-refractivity contribution in [3.63, 3.8) is 0 Å². The molecule has 1 aromatic heterocycles. The van der Waals surface area contributed by atoms with E-state index in [1.807, 2.05) is 37.5 Å². The molecule has 5 rings (SSSR count). The van der Waals surface area contributed by atoms with Gasteiger partial charge >= 0.3 is 0 Å². The second-order valence-electron chi connectivity index (χ2n) is 6.94. The standard InChI is InChI=1S/C22H15F2N3O/c1-27-11-13-3-2-12(7-21(13)26-27)17-6-14-10-25-22(28)18(14)9-19(17)16-5-4-15(23)8-20(16)24/h2-9,11H,10H2,1H3,(H,25,28). The summed E-state index contributed by atoms with van der Waals surface area (Å²) in [5, 5.41) is 8.23. The predicted octanol–water partition coefficient (Wildman–Crippen LogP) is 4.43. The smallest absolute Gasteiger partial charge is 0.251 e. The summed E-state index contributed by atoms with van der Waals surface area (Å²) < 4.78 is 29.7. The molecule has 138 valence electrons. The summed E-state index contributed by atoms with van der Waals surface area (Å²) in [6, 6.07) is 12.9. The Morgan fingerprint density at radius 2 is 1.82 bits per heavy atom. The highest BCUT2D eigenvalue weighted by Crippen LogP contribution is 2.38. The summed E-state index contributed by atoms with van der Waals surface area (Å²) in [6.07, 6.45) is 1.92. The Kier molecular flexibility index (Phi) is 3.55. The first-order chi connectivity index (χ1) is 13.5. The van der Waals surface area contributed by atoms with Gasteiger partial charge in [-0.15, -0.1) is 0 Å². The van der Waals surface area contributed by atoms with E-state index in [4.69, 9.17) is 0 Å². The third kappa shape index (κ3) is 2.57. The van der Waals surface area contributed by atoms with Gasteiger partial charge in [-0.1, -0.05) is 12.1 Å². The van der Waals surface area contributed by atoms with Crippen LogP contribution in [-0.4, -0.2) is 15.7 Å². The van der Waals surface area contributed by atoms with Crippen LogP contribution in [0.3, 0.4) is 0 Å². The van der Waals surface area contributed by atoms with Crippen molar-refractivity contribution in [2.24, 2.45) is 7.05 Å². The van der Waals surface area contributed by atoms with E-state index in [1.54, 1.807) is 10.7 Å². The van der Waals surface area contributed by atoms with Crippen molar-refractivity contribution in [1.29, 1.82) is 0 Å². The zero-order valence-electron chi connectivity index (χ0n) is 15.0. The Balaban J connectivity index is 1.79. The molecular weight excluding hydrogens is 360 g/mol. The third-order valence-electron chi connectivity index (χ3n) is 5.08. The number of halogens is 2. The normalized spacial score (nSPS) is 13.0. The van der Waals surface area contributed by atoms with Crippen molar-refractivity contribution >= 4 is 16.8 Å². The van der Waals surface area contributed by atoms with Gasteiger partial charge in [-0.25, -0.2) is 8.78 Å². The molecule has 0 unspecified atom stereocenters. The van der Waals surface area contributed by atoms with Crippen molar-refractivity contribution in [2.75, 3.05) is 0 Å². The highest BCUT2D eigenvalue weighted by atomic mass is 19.1. The minimum Gasteiger partial charge on any atom is -0.348 e. The molecule has 0 spiro atoms. The van der Waals surface area contributed by atoms with Gasteiger partial charge in [0.15, 0.2) is 0 Å². The van der Waals surface area contributed by atoms with Crippen LogP contribution in [0.25, 0.3) is 33.2 Å². The number of aromatic nitrogens is 2. The number of rotatable bonds is 2. The van der Waals surface area contributed by atoms with Crippen molar-refractivity contribution < 1.29 is 13.6 Å². The fraction of sp³-hybridized carbons (Fsp3) is 0.0909. The molecule has 28 heavy (non-hydrogen) atoms. The highest BCUT2D eigenvalue weighted by Gasteiger charge is 2.23. The second kappa shape index (κ2) is 5.99. The molecule has 4 aromatic rings. The van der Waals surface area contributed by atoms with Crippen LogP contribution in [0, 0.1) is 11.6 Å². The number of amides is 1. The van der Waals surface area contributed by atoms with Gasteiger partial charge in [0.2, 0.25) is 0 Å². The number of carbonyl (C=O) groups is 1. The van der Waals surface area contributed by atoms with Gasteiger partial charge < -0.3 is 5.32 Å². The fourth-order valence-corrected chi connectivity index (χ4v) is 3.75. The first-order valence-electron chi connectivity index (χ1n) is 8.84. The Hall–Kier alpha value is -3.54. The van der Waals surface area contributed by atoms with Crippen LogP contribution in [0.15, 0.2) is 54.7 Å². The number of benzene rings is 3. The van der Waals surface area contributed by atoms with Gasteiger partial charge in [0.05, 0.1) is 5.52 Å². The van der Waals surface area contributed by atoms with Crippen LogP contribution < -0.4 is 5.32 Å². The van der Waals surface area contributed by atoms with Crippen molar-refractivity contribution in [3.05, 3.63) is 77.5 Å². The zero-order chi connectivity index (χ0) is 19.4. The molecule has 0 aliphatic carbocycles. The average Bonchev–Trinajstić information content (AvgIpc) is 3.21. The molecule has 6 heteroatoms. The van der Waals surface area contributed by atoms with E-state index in [0.717, 1.165) is 33.7 Å². The lowest BCUT2D eigenvalue weighted by Crippen LogP contribution is -2.12. The molecular formula is C22H15F2N3O. The Bertz CT molecular complexity index is 1280. The van der Waals surface area contributed by atoms with Crippen LogP contribution in [0.2, 0.25) is 0 Å². The molecule has 0 radical (unpaired) electrons. The maximum absolute atomic E-state index is 14.6. The van der Waals surface area contributed by atoms with E-state index in [-0.39, 0.29) is 11.5 Å². The SMILES string of the molecule is Cn1cc2ccc(-c3cc4c(cc3-c3ccc(F)cc3F)C(=O)NC4)cc2n1. The van der Waals surface area contributed by atoms with E-state index in [0.29, 0.717) is 17.7 Å². The highest BCUT2D eigenvalue weighted by molar-refractivity contribution is 6.02. The molecule has 0 fully saturated rings. The van der Waals surface area contributed by atoms with Crippen LogP contribution >= 0.6 is 0 Å². The van der Waals surface area contributed by atoms with Crippen LogP contribution in [0.1, 0.15) is 15.9 Å². The molecule has 4 nitrogen and oxygen atoms in total. The number of aryl methyl sites for hydroxylation is 1. The van der Waals surface area contributed by atoms with Crippen molar-refractivity contribution in [2.45, 2.75) is 6.54 Å². The summed E-state index contributed by atoms with van der Waals surface area (Å²) in [7, 11) is 1.85. The molecule has 1 N–H and O–H groups in total. The quantitative estimate of drug-likeness (QED) is 0.563. The van der Waals surface area contributed by atoms with E-state index in [2.05, 4.69) is 10.4 Å². The second-order valence-corrected chi connectivity index (χ2v) is 6.94. The number of hydrogen-bond acceptors (Lipinski definition) is 2. The lowest BCUT2D eigenvalue weighted by atomic mass is 9.90. The number of hydrogen-bond donors (Lipinski definition) is 1. The summed E-state index contributed by atoms with van der Waals surface area (Å²) in [5.41, 5.74) is 4.61. The molecule has 0 atom stereocenters. The Morgan fingerprint density at radius 3 is 2.64 bits per heavy atom. The van der Waals surface area contributed by atoms with Gasteiger partial charge in [-0.05, 0) is 52.6 Å². The molecule has 2 heterocycles. The minimum atomic E-state index is -0.668.